The number of anilines is 2. The topological polar surface area (TPSA) is 72.2 Å². The molecule has 0 aromatic heterocycles. The molecule has 4 nitrogen and oxygen atoms in total. The highest BCUT2D eigenvalue weighted by Gasteiger charge is 2.20. The maximum atomic E-state index is 13.7. The van der Waals surface area contributed by atoms with Gasteiger partial charge in [-0.25, -0.2) is 12.8 Å². The molecule has 0 saturated carbocycles. The number of aryl methyl sites for hydroxylation is 1. The van der Waals surface area contributed by atoms with Crippen molar-refractivity contribution in [2.45, 2.75) is 18.7 Å². The Kier molecular flexibility index (Phi) is 4.11. The Labute approximate surface area is 127 Å². The van der Waals surface area contributed by atoms with Crippen molar-refractivity contribution in [3.8, 4) is 0 Å². The second-order valence-corrected chi connectivity index (χ2v) is 6.79. The van der Waals surface area contributed by atoms with E-state index in [1.807, 2.05) is 0 Å². The number of nitrogens with two attached hydrogens (primary N) is 1. The molecule has 0 radical (unpaired) electrons. The number of halogens is 2. The molecule has 0 amide bonds. The molecule has 0 bridgehead atoms. The third-order valence-electron chi connectivity index (χ3n) is 3.01. The molecule has 21 heavy (non-hydrogen) atoms. The van der Waals surface area contributed by atoms with E-state index >= 15 is 0 Å². The Balaban J connectivity index is 2.51. The Morgan fingerprint density at radius 1 is 1.19 bits per heavy atom. The lowest BCUT2D eigenvalue weighted by Gasteiger charge is -2.13. The standard InChI is InChI=1S/C14H14ClFN2O2S/c1-8-5-12(17)9(2)14(6-8)21(19,20)18-13-7-10(15)3-4-11(13)16/h3-7,18H,17H2,1-2H3. The van der Waals surface area contributed by atoms with Gasteiger partial charge in [0, 0.05) is 10.7 Å². The van der Waals surface area contributed by atoms with Crippen LogP contribution in [-0.4, -0.2) is 8.42 Å². The number of rotatable bonds is 3. The highest BCUT2D eigenvalue weighted by Crippen LogP contribution is 2.27. The molecule has 0 aliphatic carbocycles. The lowest BCUT2D eigenvalue weighted by atomic mass is 10.1. The summed E-state index contributed by atoms with van der Waals surface area (Å²) in [6.45, 7) is 3.33. The molecule has 2 aromatic rings. The molecule has 0 spiro atoms. The van der Waals surface area contributed by atoms with Gasteiger partial charge >= 0.3 is 0 Å². The van der Waals surface area contributed by atoms with Crippen LogP contribution in [0, 0.1) is 19.7 Å². The number of hydrogen-bond acceptors (Lipinski definition) is 3. The molecular weight excluding hydrogens is 315 g/mol. The monoisotopic (exact) mass is 328 g/mol. The highest BCUT2D eigenvalue weighted by molar-refractivity contribution is 7.92. The molecule has 0 saturated heterocycles. The van der Waals surface area contributed by atoms with Crippen molar-refractivity contribution in [3.63, 3.8) is 0 Å². The van der Waals surface area contributed by atoms with E-state index in [-0.39, 0.29) is 15.6 Å². The Morgan fingerprint density at radius 3 is 2.52 bits per heavy atom. The minimum Gasteiger partial charge on any atom is -0.398 e. The van der Waals surface area contributed by atoms with E-state index in [1.54, 1.807) is 19.9 Å². The molecule has 0 unspecified atom stereocenters. The van der Waals surface area contributed by atoms with Crippen LogP contribution in [0.3, 0.4) is 0 Å². The van der Waals surface area contributed by atoms with E-state index in [1.165, 1.54) is 18.2 Å². The maximum absolute atomic E-state index is 13.7. The van der Waals surface area contributed by atoms with Crippen molar-refractivity contribution in [2.75, 3.05) is 10.5 Å². The number of nitrogens with one attached hydrogen (secondary N) is 1. The van der Waals surface area contributed by atoms with Gasteiger partial charge in [-0.05, 0) is 55.3 Å². The number of benzene rings is 2. The first-order chi connectivity index (χ1) is 9.70. The van der Waals surface area contributed by atoms with Crippen molar-refractivity contribution in [1.82, 2.24) is 0 Å². The summed E-state index contributed by atoms with van der Waals surface area (Å²) in [6.07, 6.45) is 0. The van der Waals surface area contributed by atoms with Crippen LogP contribution in [0.5, 0.6) is 0 Å². The fraction of sp³-hybridized carbons (Fsp3) is 0.143. The summed E-state index contributed by atoms with van der Waals surface area (Å²) in [6, 6.07) is 6.80. The molecular formula is C14H14ClFN2O2S. The number of sulfonamides is 1. The van der Waals surface area contributed by atoms with E-state index in [2.05, 4.69) is 4.72 Å². The fourth-order valence-electron chi connectivity index (χ4n) is 1.91. The lowest BCUT2D eigenvalue weighted by Crippen LogP contribution is -2.16. The molecule has 3 N–H and O–H groups in total. The Hall–Kier alpha value is -1.79. The normalized spacial score (nSPS) is 11.4. The van der Waals surface area contributed by atoms with Gasteiger partial charge in [0.2, 0.25) is 0 Å². The van der Waals surface area contributed by atoms with E-state index in [9.17, 15) is 12.8 Å². The van der Waals surface area contributed by atoms with Crippen molar-refractivity contribution in [2.24, 2.45) is 0 Å². The third-order valence-corrected chi connectivity index (χ3v) is 4.73. The van der Waals surface area contributed by atoms with Gasteiger partial charge in [-0.1, -0.05) is 11.6 Å². The summed E-state index contributed by atoms with van der Waals surface area (Å²) in [5.74, 6) is -0.707. The number of hydrogen-bond donors (Lipinski definition) is 2. The molecule has 7 heteroatoms. The van der Waals surface area contributed by atoms with Gasteiger partial charge in [0.05, 0.1) is 10.6 Å². The Bertz CT molecular complexity index is 807. The summed E-state index contributed by atoms with van der Waals surface area (Å²) < 4.78 is 40.7. The predicted octanol–water partition coefficient (Wildman–Crippen LogP) is 3.48. The van der Waals surface area contributed by atoms with Crippen LogP contribution < -0.4 is 10.5 Å². The van der Waals surface area contributed by atoms with Gasteiger partial charge in [0.25, 0.3) is 10.0 Å². The van der Waals surface area contributed by atoms with Gasteiger partial charge in [0.1, 0.15) is 5.82 Å². The average molecular weight is 329 g/mol. The SMILES string of the molecule is Cc1cc(N)c(C)c(S(=O)(=O)Nc2cc(Cl)ccc2F)c1. The van der Waals surface area contributed by atoms with Crippen molar-refractivity contribution < 1.29 is 12.8 Å². The zero-order valence-corrected chi connectivity index (χ0v) is 13.0. The Morgan fingerprint density at radius 2 is 1.86 bits per heavy atom. The van der Waals surface area contributed by atoms with E-state index in [0.717, 1.165) is 6.07 Å². The maximum Gasteiger partial charge on any atom is 0.262 e. The molecule has 0 fully saturated rings. The molecule has 112 valence electrons. The summed E-state index contributed by atoms with van der Waals surface area (Å²) in [5.41, 5.74) is 7.05. The predicted molar refractivity (Wildman–Crippen MR) is 82.5 cm³/mol. The molecule has 0 atom stereocenters. The molecule has 2 aromatic carbocycles. The second-order valence-electron chi connectivity index (χ2n) is 4.71. The third kappa shape index (κ3) is 3.28. The smallest absolute Gasteiger partial charge is 0.262 e. The molecule has 0 aliphatic heterocycles. The number of nitrogen functional groups attached to an aromatic ring is 1. The molecule has 0 aliphatic rings. The van der Waals surface area contributed by atoms with Crippen molar-refractivity contribution in [1.29, 1.82) is 0 Å². The summed E-state index contributed by atoms with van der Waals surface area (Å²) in [4.78, 5) is 0.0133. The van der Waals surface area contributed by atoms with Crippen LogP contribution in [0.2, 0.25) is 5.02 Å². The first-order valence-corrected chi connectivity index (χ1v) is 7.91. The van der Waals surface area contributed by atoms with Gasteiger partial charge in [0.15, 0.2) is 0 Å². The summed E-state index contributed by atoms with van der Waals surface area (Å²) in [7, 11) is -3.96. The minimum absolute atomic E-state index is 0.0133. The van der Waals surface area contributed by atoms with Crippen LogP contribution in [-0.2, 0) is 10.0 Å². The van der Waals surface area contributed by atoms with E-state index in [0.29, 0.717) is 16.8 Å². The summed E-state index contributed by atoms with van der Waals surface area (Å²) in [5, 5.41) is 0.231. The quantitative estimate of drug-likeness (QED) is 0.847. The van der Waals surface area contributed by atoms with Crippen LogP contribution in [0.4, 0.5) is 15.8 Å². The van der Waals surface area contributed by atoms with Crippen molar-refractivity contribution >= 4 is 33.0 Å². The summed E-state index contributed by atoms with van der Waals surface area (Å²) >= 11 is 5.75. The largest absolute Gasteiger partial charge is 0.398 e. The van der Waals surface area contributed by atoms with Gasteiger partial charge in [-0.2, -0.15) is 0 Å². The van der Waals surface area contributed by atoms with E-state index < -0.39 is 15.8 Å². The zero-order chi connectivity index (χ0) is 15.8. The van der Waals surface area contributed by atoms with Crippen LogP contribution in [0.1, 0.15) is 11.1 Å². The fourth-order valence-corrected chi connectivity index (χ4v) is 3.50. The van der Waals surface area contributed by atoms with Crippen LogP contribution in [0.25, 0.3) is 0 Å². The molecule has 0 heterocycles. The van der Waals surface area contributed by atoms with Gasteiger partial charge in [-0.15, -0.1) is 0 Å². The average Bonchev–Trinajstić information content (AvgIpc) is 2.37. The van der Waals surface area contributed by atoms with Gasteiger partial charge < -0.3 is 5.73 Å². The lowest BCUT2D eigenvalue weighted by molar-refractivity contribution is 0.598. The van der Waals surface area contributed by atoms with Gasteiger partial charge in [-0.3, -0.25) is 4.72 Å². The second kappa shape index (κ2) is 5.54. The van der Waals surface area contributed by atoms with Crippen LogP contribution in [0.15, 0.2) is 35.2 Å². The molecule has 2 rings (SSSR count). The first-order valence-electron chi connectivity index (χ1n) is 6.05. The van der Waals surface area contributed by atoms with E-state index in [4.69, 9.17) is 17.3 Å². The minimum atomic E-state index is -3.96. The highest BCUT2D eigenvalue weighted by atomic mass is 35.5. The zero-order valence-electron chi connectivity index (χ0n) is 11.4. The first kappa shape index (κ1) is 15.6. The van der Waals surface area contributed by atoms with Crippen LogP contribution >= 0.6 is 11.6 Å². The van der Waals surface area contributed by atoms with Crippen molar-refractivity contribution in [3.05, 3.63) is 52.3 Å².